The number of benzene rings is 2. The average molecular weight is 347 g/mol. The Morgan fingerprint density at radius 2 is 1.62 bits per heavy atom. The van der Waals surface area contributed by atoms with E-state index in [0.29, 0.717) is 18.7 Å². The molecule has 1 amide bonds. The lowest BCUT2D eigenvalue weighted by atomic mass is 10.1. The largest absolute Gasteiger partial charge is 0.380 e. The van der Waals surface area contributed by atoms with Crippen molar-refractivity contribution in [2.24, 2.45) is 0 Å². The molecule has 0 spiro atoms. The Morgan fingerprint density at radius 3 is 2.42 bits per heavy atom. The Morgan fingerprint density at radius 1 is 0.885 bits per heavy atom. The van der Waals surface area contributed by atoms with Gasteiger partial charge in [-0.25, -0.2) is 0 Å². The molecule has 1 heterocycles. The number of nitrogens with zero attached hydrogens (tertiary/aromatic N) is 1. The van der Waals surface area contributed by atoms with E-state index in [1.807, 2.05) is 60.7 Å². The number of hydrogen-bond donors (Lipinski definition) is 2. The van der Waals surface area contributed by atoms with Gasteiger partial charge in [-0.15, -0.1) is 0 Å². The minimum absolute atomic E-state index is 0.159. The molecule has 2 N–H and O–H groups in total. The zero-order valence-electron chi connectivity index (χ0n) is 14.4. The molecule has 2 aromatic carbocycles. The number of nitrogens with one attached hydrogen (secondary N) is 2. The van der Waals surface area contributed by atoms with E-state index < -0.39 is 0 Å². The van der Waals surface area contributed by atoms with Gasteiger partial charge in [0.2, 0.25) is 0 Å². The second-order valence-corrected chi connectivity index (χ2v) is 5.74. The molecule has 26 heavy (non-hydrogen) atoms. The molecule has 1 aromatic heterocycles. The zero-order valence-corrected chi connectivity index (χ0v) is 14.4. The Labute approximate surface area is 153 Å². The minimum atomic E-state index is -0.170. The Hall–Kier alpha value is -3.18. The number of carbonyl (C=O) groups is 1. The minimum Gasteiger partial charge on any atom is -0.380 e. The molecule has 3 rings (SSSR count). The van der Waals surface area contributed by atoms with Crippen molar-refractivity contribution in [3.8, 4) is 0 Å². The van der Waals surface area contributed by atoms with Crippen molar-refractivity contribution >= 4 is 11.6 Å². The van der Waals surface area contributed by atoms with Crippen LogP contribution >= 0.6 is 0 Å². The summed E-state index contributed by atoms with van der Waals surface area (Å²) >= 11 is 0. The van der Waals surface area contributed by atoms with Crippen LogP contribution < -0.4 is 10.6 Å². The van der Waals surface area contributed by atoms with Gasteiger partial charge in [-0.3, -0.25) is 9.78 Å². The summed E-state index contributed by atoms with van der Waals surface area (Å²) in [4.78, 5) is 16.5. The smallest absolute Gasteiger partial charge is 0.255 e. The number of aromatic nitrogens is 1. The maximum absolute atomic E-state index is 12.4. The van der Waals surface area contributed by atoms with Crippen molar-refractivity contribution in [2.45, 2.75) is 13.2 Å². The van der Waals surface area contributed by atoms with Crippen LogP contribution in [0, 0.1) is 0 Å². The fraction of sp³-hybridized carbons (Fsp3) is 0.143. The summed E-state index contributed by atoms with van der Waals surface area (Å²) in [5, 5.41) is 6.09. The number of rotatable bonds is 8. The molecule has 3 aromatic rings. The summed E-state index contributed by atoms with van der Waals surface area (Å²) in [6, 6.07) is 21.2. The van der Waals surface area contributed by atoms with E-state index >= 15 is 0 Å². The van der Waals surface area contributed by atoms with Crippen LogP contribution in [-0.2, 0) is 17.9 Å². The molecule has 132 valence electrons. The van der Waals surface area contributed by atoms with Crippen LogP contribution in [0.25, 0.3) is 0 Å². The molecule has 0 aliphatic rings. The lowest BCUT2D eigenvalue weighted by Crippen LogP contribution is -2.26. The molecule has 5 heteroatoms. The van der Waals surface area contributed by atoms with Crippen LogP contribution in [0.1, 0.15) is 21.5 Å². The maximum Gasteiger partial charge on any atom is 0.255 e. The second kappa shape index (κ2) is 9.34. The number of amides is 1. The van der Waals surface area contributed by atoms with E-state index in [2.05, 4.69) is 15.6 Å². The number of hydrogen-bond acceptors (Lipinski definition) is 4. The van der Waals surface area contributed by atoms with Crippen molar-refractivity contribution in [3.05, 3.63) is 95.8 Å². The first-order valence-electron chi connectivity index (χ1n) is 8.44. The average Bonchev–Trinajstić information content (AvgIpc) is 2.71. The van der Waals surface area contributed by atoms with Gasteiger partial charge >= 0.3 is 0 Å². The molecule has 0 radical (unpaired) electrons. The van der Waals surface area contributed by atoms with Crippen LogP contribution in [0.15, 0.2) is 79.1 Å². The maximum atomic E-state index is 12.4. The van der Waals surface area contributed by atoms with E-state index in [4.69, 9.17) is 4.74 Å². The molecule has 0 aliphatic heterocycles. The third-order valence-electron chi connectivity index (χ3n) is 3.85. The van der Waals surface area contributed by atoms with Gasteiger partial charge in [-0.1, -0.05) is 42.5 Å². The highest BCUT2D eigenvalue weighted by Gasteiger charge is 2.10. The fourth-order valence-corrected chi connectivity index (χ4v) is 2.49. The number of anilines is 1. The van der Waals surface area contributed by atoms with Crippen LogP contribution in [0.3, 0.4) is 0 Å². The molecule has 0 fully saturated rings. The van der Waals surface area contributed by atoms with Gasteiger partial charge < -0.3 is 15.4 Å². The number of carbonyl (C=O) groups excluding carboxylic acids is 1. The molecule has 0 unspecified atom stereocenters. The normalized spacial score (nSPS) is 10.3. The lowest BCUT2D eigenvalue weighted by molar-refractivity contribution is 0.0752. The van der Waals surface area contributed by atoms with E-state index in [0.717, 1.165) is 16.8 Å². The van der Waals surface area contributed by atoms with Crippen molar-refractivity contribution in [3.63, 3.8) is 0 Å². The quantitative estimate of drug-likeness (QED) is 0.483. The van der Waals surface area contributed by atoms with Crippen LogP contribution in [0.2, 0.25) is 0 Å². The standard InChI is InChI=1S/C21H21N3O2/c25-21(24-16-26-15-18-6-2-1-3-7-18)19-8-4-5-9-20(19)23-14-17-10-12-22-13-11-17/h1-13,23H,14-16H2,(H,24,25). The summed E-state index contributed by atoms with van der Waals surface area (Å²) in [5.41, 5.74) is 3.54. The molecule has 0 saturated carbocycles. The van der Waals surface area contributed by atoms with E-state index in [1.54, 1.807) is 18.5 Å². The first-order valence-corrected chi connectivity index (χ1v) is 8.44. The third-order valence-corrected chi connectivity index (χ3v) is 3.85. The number of para-hydroxylation sites is 1. The number of ether oxygens (including phenoxy) is 1. The summed E-state index contributed by atoms with van der Waals surface area (Å²) in [6.45, 7) is 1.24. The Balaban J connectivity index is 1.52. The SMILES string of the molecule is O=C(NCOCc1ccccc1)c1ccccc1NCc1ccncc1. The molecule has 0 atom stereocenters. The third kappa shape index (κ3) is 5.16. The fourth-order valence-electron chi connectivity index (χ4n) is 2.49. The summed E-state index contributed by atoms with van der Waals surface area (Å²) < 4.78 is 5.52. The highest BCUT2D eigenvalue weighted by Crippen LogP contribution is 2.16. The topological polar surface area (TPSA) is 63.2 Å². The van der Waals surface area contributed by atoms with E-state index in [9.17, 15) is 4.79 Å². The molecular formula is C21H21N3O2. The van der Waals surface area contributed by atoms with E-state index in [1.165, 1.54) is 0 Å². The van der Waals surface area contributed by atoms with Gasteiger partial charge in [0.1, 0.15) is 6.73 Å². The molecule has 0 saturated heterocycles. The van der Waals surface area contributed by atoms with Gasteiger partial charge in [-0.05, 0) is 35.4 Å². The Bertz CT molecular complexity index is 823. The monoisotopic (exact) mass is 347 g/mol. The molecular weight excluding hydrogens is 326 g/mol. The van der Waals surface area contributed by atoms with Crippen molar-refractivity contribution < 1.29 is 9.53 Å². The first kappa shape index (κ1) is 17.6. The molecule has 0 bridgehead atoms. The van der Waals surface area contributed by atoms with Crippen LogP contribution in [-0.4, -0.2) is 17.6 Å². The summed E-state index contributed by atoms with van der Waals surface area (Å²) in [7, 11) is 0. The van der Waals surface area contributed by atoms with Crippen molar-refractivity contribution in [1.29, 1.82) is 0 Å². The lowest BCUT2D eigenvalue weighted by Gasteiger charge is -2.12. The van der Waals surface area contributed by atoms with Crippen LogP contribution in [0.5, 0.6) is 0 Å². The molecule has 5 nitrogen and oxygen atoms in total. The predicted octanol–water partition coefficient (Wildman–Crippen LogP) is 3.60. The van der Waals surface area contributed by atoms with Crippen LogP contribution in [0.4, 0.5) is 5.69 Å². The van der Waals surface area contributed by atoms with Gasteiger partial charge in [-0.2, -0.15) is 0 Å². The van der Waals surface area contributed by atoms with Gasteiger partial charge in [0.15, 0.2) is 0 Å². The first-order chi connectivity index (χ1) is 12.8. The van der Waals surface area contributed by atoms with Crippen molar-refractivity contribution in [2.75, 3.05) is 12.0 Å². The summed E-state index contributed by atoms with van der Waals surface area (Å²) in [5.74, 6) is -0.170. The van der Waals surface area contributed by atoms with Gasteiger partial charge in [0.25, 0.3) is 5.91 Å². The Kier molecular flexibility index (Phi) is 6.34. The highest BCUT2D eigenvalue weighted by atomic mass is 16.5. The van der Waals surface area contributed by atoms with Gasteiger partial charge in [0.05, 0.1) is 12.2 Å². The highest BCUT2D eigenvalue weighted by molar-refractivity contribution is 5.99. The molecule has 0 aliphatic carbocycles. The predicted molar refractivity (Wildman–Crippen MR) is 102 cm³/mol. The van der Waals surface area contributed by atoms with E-state index in [-0.39, 0.29) is 12.6 Å². The zero-order chi connectivity index (χ0) is 18.0. The number of pyridine rings is 1. The van der Waals surface area contributed by atoms with Gasteiger partial charge in [0, 0.05) is 24.6 Å². The van der Waals surface area contributed by atoms with Crippen molar-refractivity contribution in [1.82, 2.24) is 10.3 Å². The second-order valence-electron chi connectivity index (χ2n) is 5.74. The summed E-state index contributed by atoms with van der Waals surface area (Å²) in [6.07, 6.45) is 3.50.